The zero-order valence-electron chi connectivity index (χ0n) is 11.0. The Morgan fingerprint density at radius 3 is 1.74 bits per heavy atom. The predicted octanol–water partition coefficient (Wildman–Crippen LogP) is 5.06. The molecular weight excluding hydrogens is 302 g/mol. The number of hydrogen-bond donors (Lipinski definition) is 0. The van der Waals surface area contributed by atoms with Crippen LogP contribution in [0.25, 0.3) is 0 Å². The minimum Gasteiger partial charge on any atom is -0.378 e. The third-order valence-corrected chi connectivity index (χ3v) is 3.39. The van der Waals surface area contributed by atoms with Gasteiger partial charge in [-0.3, -0.25) is 0 Å². The summed E-state index contributed by atoms with van der Waals surface area (Å²) in [6.45, 7) is 0. The van der Waals surface area contributed by atoms with Gasteiger partial charge in [-0.2, -0.15) is 10.2 Å². The number of azo groups is 1. The zero-order valence-corrected chi connectivity index (χ0v) is 12.6. The molecule has 0 aliphatic heterocycles. The molecule has 0 N–H and O–H groups in total. The van der Waals surface area contributed by atoms with Crippen LogP contribution < -0.4 is 4.90 Å². The van der Waals surface area contributed by atoms with Crippen molar-refractivity contribution >= 4 is 33.0 Å². The van der Waals surface area contributed by atoms with Gasteiger partial charge in [-0.25, -0.2) is 0 Å². The molecule has 0 unspecified atom stereocenters. The molecule has 0 bridgehead atoms. The van der Waals surface area contributed by atoms with Crippen molar-refractivity contribution in [3.05, 3.63) is 54.1 Å². The van der Waals surface area contributed by atoms with Crippen molar-refractivity contribution in [3.8, 4) is 0 Å². The molecule has 0 saturated carbocycles. The summed E-state index contributed by atoms with van der Waals surface area (Å²) in [5, 5.41) is 9.31. The fourth-order valence-electron chi connectivity index (χ4n) is 1.58. The van der Waals surface area contributed by atoms with Crippen LogP contribution in [0.2, 0.25) is 0 Å². The normalized spacial score (nSPS) is 10.9. The van der Waals surface area contributed by atoms with E-state index in [1.807, 2.05) is 62.6 Å². The molecule has 0 spiro atoms. The molecule has 2 aromatic carbocycles. The van der Waals surface area contributed by atoms with E-state index >= 15 is 0 Å². The van der Waals surface area contributed by atoms with Gasteiger partial charge in [0.15, 0.2) is 0 Å². The van der Waals surface area contributed by atoms with Crippen LogP contribution in [0.15, 0.2) is 58.8 Å². The second kappa shape index (κ2) is 6.48. The average molecular weight is 318 g/mol. The molecule has 4 heteroatoms. The van der Waals surface area contributed by atoms with Gasteiger partial charge in [-0.05, 0) is 42.0 Å². The van der Waals surface area contributed by atoms with Crippen LogP contribution in [0.4, 0.5) is 17.1 Å². The Morgan fingerprint density at radius 2 is 1.32 bits per heavy atom. The molecule has 3 nitrogen and oxygen atoms in total. The van der Waals surface area contributed by atoms with Gasteiger partial charge in [-0.15, -0.1) is 0 Å². The van der Waals surface area contributed by atoms with Crippen molar-refractivity contribution in [1.29, 1.82) is 0 Å². The summed E-state index contributed by atoms with van der Waals surface area (Å²) in [7, 11) is 4.03. The Labute approximate surface area is 122 Å². The Morgan fingerprint density at radius 1 is 0.842 bits per heavy atom. The number of rotatable bonds is 4. The third-order valence-electron chi connectivity index (χ3n) is 2.74. The van der Waals surface area contributed by atoms with E-state index in [9.17, 15) is 0 Å². The molecule has 2 aromatic rings. The van der Waals surface area contributed by atoms with E-state index in [4.69, 9.17) is 0 Å². The van der Waals surface area contributed by atoms with E-state index in [-0.39, 0.29) is 0 Å². The minimum absolute atomic E-state index is 0.857. The van der Waals surface area contributed by atoms with Crippen LogP contribution in [0, 0.1) is 0 Å². The molecule has 0 atom stereocenters. The molecule has 98 valence electrons. The zero-order chi connectivity index (χ0) is 13.7. The lowest BCUT2D eigenvalue weighted by Crippen LogP contribution is -2.07. The fraction of sp³-hybridized carbons (Fsp3) is 0.200. The molecule has 0 radical (unpaired) electrons. The fourth-order valence-corrected chi connectivity index (χ4v) is 1.96. The lowest BCUT2D eigenvalue weighted by Gasteiger charge is -2.11. The molecule has 0 heterocycles. The maximum Gasteiger partial charge on any atom is 0.0858 e. The second-order valence-electron chi connectivity index (χ2n) is 4.41. The number of halogens is 1. The molecule has 0 fully saturated rings. The van der Waals surface area contributed by atoms with Gasteiger partial charge in [0.05, 0.1) is 11.4 Å². The van der Waals surface area contributed by atoms with Gasteiger partial charge in [0.25, 0.3) is 0 Å². The molecule has 19 heavy (non-hydrogen) atoms. The Kier molecular flexibility index (Phi) is 4.68. The van der Waals surface area contributed by atoms with Crippen LogP contribution in [0.3, 0.4) is 0 Å². The van der Waals surface area contributed by atoms with E-state index in [0.717, 1.165) is 22.4 Å². The van der Waals surface area contributed by atoms with E-state index in [1.165, 1.54) is 5.56 Å². The Bertz CT molecular complexity index is 545. The van der Waals surface area contributed by atoms with E-state index in [0.29, 0.717) is 0 Å². The van der Waals surface area contributed by atoms with Crippen molar-refractivity contribution in [2.75, 3.05) is 19.0 Å². The first-order valence-electron chi connectivity index (χ1n) is 6.03. The summed E-state index contributed by atoms with van der Waals surface area (Å²) < 4.78 is 0. The lowest BCUT2D eigenvalue weighted by molar-refractivity contribution is 1.13. The largest absolute Gasteiger partial charge is 0.378 e. The molecular formula is C15H16BrN3. The van der Waals surface area contributed by atoms with Gasteiger partial charge < -0.3 is 4.90 Å². The average Bonchev–Trinajstić information content (AvgIpc) is 2.46. The first-order valence-corrected chi connectivity index (χ1v) is 7.15. The standard InChI is InChI=1S/C15H16BrN3/c1-19(2)15-9-7-14(8-10-15)18-17-13-5-3-12(11-16)4-6-13/h3-10H,11H2,1-2H3/b18-17+. The van der Waals surface area contributed by atoms with Crippen molar-refractivity contribution in [2.24, 2.45) is 10.2 Å². The van der Waals surface area contributed by atoms with Crippen LogP contribution in [0.1, 0.15) is 5.56 Å². The molecule has 0 aliphatic carbocycles. The van der Waals surface area contributed by atoms with Gasteiger partial charge >= 0.3 is 0 Å². The van der Waals surface area contributed by atoms with Gasteiger partial charge in [-0.1, -0.05) is 28.1 Å². The van der Waals surface area contributed by atoms with Crippen LogP contribution in [-0.4, -0.2) is 14.1 Å². The molecule has 2 rings (SSSR count). The highest BCUT2D eigenvalue weighted by atomic mass is 79.9. The number of benzene rings is 2. The van der Waals surface area contributed by atoms with Crippen molar-refractivity contribution < 1.29 is 0 Å². The van der Waals surface area contributed by atoms with Crippen LogP contribution in [0.5, 0.6) is 0 Å². The highest BCUT2D eigenvalue weighted by Gasteiger charge is 1.95. The quantitative estimate of drug-likeness (QED) is 0.572. The molecule has 0 aromatic heterocycles. The monoisotopic (exact) mass is 317 g/mol. The maximum atomic E-state index is 4.23. The number of anilines is 1. The maximum absolute atomic E-state index is 4.23. The first kappa shape index (κ1) is 13.7. The minimum atomic E-state index is 0.857. The van der Waals surface area contributed by atoms with Crippen molar-refractivity contribution in [2.45, 2.75) is 5.33 Å². The van der Waals surface area contributed by atoms with Crippen molar-refractivity contribution in [3.63, 3.8) is 0 Å². The molecule has 0 amide bonds. The topological polar surface area (TPSA) is 28.0 Å². The second-order valence-corrected chi connectivity index (χ2v) is 4.97. The van der Waals surface area contributed by atoms with E-state index in [2.05, 4.69) is 31.1 Å². The van der Waals surface area contributed by atoms with Gasteiger partial charge in [0, 0.05) is 25.1 Å². The Hall–Kier alpha value is -1.68. The van der Waals surface area contributed by atoms with Gasteiger partial charge in [0.1, 0.15) is 0 Å². The SMILES string of the molecule is CN(C)c1ccc(/N=N/c2ccc(CBr)cc2)cc1. The molecule has 0 aliphatic rings. The number of nitrogens with zero attached hydrogens (tertiary/aromatic N) is 3. The van der Waals surface area contributed by atoms with E-state index in [1.54, 1.807) is 0 Å². The number of hydrogen-bond acceptors (Lipinski definition) is 3. The summed E-state index contributed by atoms with van der Waals surface area (Å²) in [6, 6.07) is 16.0. The van der Waals surface area contributed by atoms with Gasteiger partial charge in [0.2, 0.25) is 0 Å². The smallest absolute Gasteiger partial charge is 0.0858 e. The van der Waals surface area contributed by atoms with Crippen molar-refractivity contribution in [1.82, 2.24) is 0 Å². The van der Waals surface area contributed by atoms with Crippen LogP contribution >= 0.6 is 15.9 Å². The summed E-state index contributed by atoms with van der Waals surface area (Å²) >= 11 is 3.42. The first-order chi connectivity index (χ1) is 9.19. The summed E-state index contributed by atoms with van der Waals surface area (Å²) in [5.74, 6) is 0. The summed E-state index contributed by atoms with van der Waals surface area (Å²) in [5.41, 5.74) is 4.10. The predicted molar refractivity (Wildman–Crippen MR) is 84.0 cm³/mol. The Balaban J connectivity index is 2.08. The lowest BCUT2D eigenvalue weighted by atomic mass is 10.2. The number of alkyl halides is 1. The molecule has 0 saturated heterocycles. The third kappa shape index (κ3) is 3.89. The summed E-state index contributed by atoms with van der Waals surface area (Å²) in [6.07, 6.45) is 0. The summed E-state index contributed by atoms with van der Waals surface area (Å²) in [4.78, 5) is 2.06. The highest BCUT2D eigenvalue weighted by Crippen LogP contribution is 2.21. The highest BCUT2D eigenvalue weighted by molar-refractivity contribution is 9.08. The van der Waals surface area contributed by atoms with Crippen LogP contribution in [-0.2, 0) is 5.33 Å². The van der Waals surface area contributed by atoms with E-state index < -0.39 is 0 Å².